The van der Waals surface area contributed by atoms with E-state index in [2.05, 4.69) is 19.4 Å². The summed E-state index contributed by atoms with van der Waals surface area (Å²) in [5.41, 5.74) is 1.81. The van der Waals surface area contributed by atoms with Gasteiger partial charge in [0.1, 0.15) is 11.6 Å². The Labute approximate surface area is 162 Å². The number of halogens is 5. The van der Waals surface area contributed by atoms with Crippen molar-refractivity contribution >= 4 is 33.3 Å². The average molecular weight is 447 g/mol. The molecule has 156 valence electrons. The molecule has 0 radical (unpaired) electrons. The highest BCUT2D eigenvalue weighted by Crippen LogP contribution is 2.35. The van der Waals surface area contributed by atoms with Gasteiger partial charge in [-0.15, -0.1) is 0 Å². The molecule has 0 bridgehead atoms. The second-order valence-corrected chi connectivity index (χ2v) is 8.13. The molecule has 0 aromatic heterocycles. The van der Waals surface area contributed by atoms with Crippen molar-refractivity contribution in [3.05, 3.63) is 28.3 Å². The molecule has 0 saturated carbocycles. The summed E-state index contributed by atoms with van der Waals surface area (Å²) in [6, 6.07) is 0.661. The molecule has 0 fully saturated rings. The van der Waals surface area contributed by atoms with E-state index in [4.69, 9.17) is 11.6 Å². The maximum atomic E-state index is 14.6. The summed E-state index contributed by atoms with van der Waals surface area (Å²) in [5, 5.41) is 2.78. The van der Waals surface area contributed by atoms with E-state index < -0.39 is 63.5 Å². The largest absolute Gasteiger partial charge is 0.482 e. The topological polar surface area (TPSA) is 94.1 Å². The van der Waals surface area contributed by atoms with E-state index in [-0.39, 0.29) is 17.7 Å². The maximum absolute atomic E-state index is 14.6. The number of benzene rings is 1. The standard InChI is InChI=1S/C15H15ClF4N2O5S/c1-7-3-10(23)21-22-13(7)8-4-9(17)14(11(16)12(8)18)26-5-15(19,20)6-27-28(2,24)25/h4,7H,3,5-6H2,1-2H3,(H,21,23). The van der Waals surface area contributed by atoms with E-state index in [0.717, 1.165) is 0 Å². The first kappa shape index (κ1) is 22.4. The minimum absolute atomic E-state index is 0.0116. The van der Waals surface area contributed by atoms with Gasteiger partial charge in [0.15, 0.2) is 24.0 Å². The molecule has 0 aliphatic carbocycles. The number of nitrogens with zero attached hydrogens (tertiary/aromatic N) is 1. The summed E-state index contributed by atoms with van der Waals surface area (Å²) in [4.78, 5) is 11.3. The van der Waals surface area contributed by atoms with Crippen molar-refractivity contribution in [1.82, 2.24) is 5.43 Å². The Morgan fingerprint density at radius 1 is 1.36 bits per heavy atom. The molecule has 13 heteroatoms. The van der Waals surface area contributed by atoms with Crippen LogP contribution < -0.4 is 10.2 Å². The molecule has 28 heavy (non-hydrogen) atoms. The number of hydrogen-bond acceptors (Lipinski definition) is 6. The van der Waals surface area contributed by atoms with Gasteiger partial charge < -0.3 is 4.74 Å². The number of alkyl halides is 2. The minimum Gasteiger partial charge on any atom is -0.482 e. The smallest absolute Gasteiger partial charge is 0.305 e. The fraction of sp³-hybridized carbons (Fsp3) is 0.467. The van der Waals surface area contributed by atoms with Crippen molar-refractivity contribution in [2.75, 3.05) is 19.5 Å². The van der Waals surface area contributed by atoms with Crippen LogP contribution in [0, 0.1) is 17.6 Å². The van der Waals surface area contributed by atoms with E-state index in [1.54, 1.807) is 6.92 Å². The van der Waals surface area contributed by atoms with Crippen molar-refractivity contribution in [3.63, 3.8) is 0 Å². The van der Waals surface area contributed by atoms with E-state index in [1.807, 2.05) is 0 Å². The zero-order valence-corrected chi connectivity index (χ0v) is 16.1. The molecule has 1 aliphatic heterocycles. The lowest BCUT2D eigenvalue weighted by Gasteiger charge is -2.21. The fourth-order valence-corrected chi connectivity index (χ4v) is 2.92. The van der Waals surface area contributed by atoms with Gasteiger partial charge in [-0.25, -0.2) is 23.0 Å². The Morgan fingerprint density at radius 3 is 2.57 bits per heavy atom. The number of ether oxygens (including phenoxy) is 1. The summed E-state index contributed by atoms with van der Waals surface area (Å²) in [6.07, 6.45) is 0.564. The SMILES string of the molecule is CC1CC(=O)NN=C1c1cc(F)c(OCC(F)(F)COS(C)(=O)=O)c(Cl)c1F. The summed E-state index contributed by atoms with van der Waals surface area (Å²) in [5.74, 6) is -8.15. The van der Waals surface area contributed by atoms with Crippen molar-refractivity contribution in [2.24, 2.45) is 11.0 Å². The first-order chi connectivity index (χ1) is 12.8. The van der Waals surface area contributed by atoms with Crippen LogP contribution >= 0.6 is 11.6 Å². The molecule has 1 aliphatic rings. The predicted octanol–water partition coefficient (Wildman–Crippen LogP) is 2.47. The van der Waals surface area contributed by atoms with Crippen LogP contribution in [0.4, 0.5) is 17.6 Å². The molecule has 1 amide bonds. The van der Waals surface area contributed by atoms with Gasteiger partial charge in [0, 0.05) is 17.9 Å². The van der Waals surface area contributed by atoms with Gasteiger partial charge in [-0.05, 0) is 6.07 Å². The lowest BCUT2D eigenvalue weighted by Crippen LogP contribution is -2.33. The highest BCUT2D eigenvalue weighted by molar-refractivity contribution is 7.85. The molecule has 1 atom stereocenters. The van der Waals surface area contributed by atoms with Gasteiger partial charge >= 0.3 is 5.92 Å². The Bertz CT molecular complexity index is 923. The lowest BCUT2D eigenvalue weighted by atomic mass is 9.93. The summed E-state index contributed by atoms with van der Waals surface area (Å²) < 4.78 is 86.2. The molecule has 1 heterocycles. The molecule has 1 unspecified atom stereocenters. The molecule has 0 saturated heterocycles. The molecule has 2 rings (SSSR count). The van der Waals surface area contributed by atoms with Gasteiger partial charge in [-0.3, -0.25) is 8.98 Å². The van der Waals surface area contributed by atoms with Crippen molar-refractivity contribution < 1.29 is 39.7 Å². The Kier molecular flexibility index (Phi) is 6.56. The van der Waals surface area contributed by atoms with Crippen LogP contribution in [0.2, 0.25) is 5.02 Å². The summed E-state index contributed by atoms with van der Waals surface area (Å²) in [7, 11) is -4.13. The number of nitrogens with one attached hydrogen (secondary N) is 1. The van der Waals surface area contributed by atoms with Crippen LogP contribution in [0.25, 0.3) is 0 Å². The second kappa shape index (κ2) is 8.21. The third kappa shape index (κ3) is 5.55. The monoisotopic (exact) mass is 446 g/mol. The number of carbonyl (C=O) groups is 1. The normalized spacial score (nSPS) is 17.9. The van der Waals surface area contributed by atoms with Crippen LogP contribution in [-0.2, 0) is 19.1 Å². The van der Waals surface area contributed by atoms with E-state index in [1.165, 1.54) is 0 Å². The minimum atomic E-state index is -4.13. The Balaban J connectivity index is 2.24. The summed E-state index contributed by atoms with van der Waals surface area (Å²) in [6.45, 7) is -1.49. The maximum Gasteiger partial charge on any atom is 0.305 e. The molecular formula is C15H15ClF4N2O5S. The van der Waals surface area contributed by atoms with Gasteiger partial charge in [-0.1, -0.05) is 18.5 Å². The molecular weight excluding hydrogens is 432 g/mol. The number of amides is 1. The fourth-order valence-electron chi connectivity index (χ4n) is 2.29. The molecule has 1 aromatic carbocycles. The van der Waals surface area contributed by atoms with Crippen molar-refractivity contribution in [2.45, 2.75) is 19.3 Å². The third-order valence-corrected chi connectivity index (χ3v) is 4.45. The van der Waals surface area contributed by atoms with Crippen LogP contribution in [-0.4, -0.2) is 45.4 Å². The first-order valence-electron chi connectivity index (χ1n) is 7.70. The third-order valence-electron chi connectivity index (χ3n) is 3.56. The molecule has 7 nitrogen and oxygen atoms in total. The van der Waals surface area contributed by atoms with E-state index >= 15 is 0 Å². The summed E-state index contributed by atoms with van der Waals surface area (Å²) >= 11 is 5.72. The van der Waals surface area contributed by atoms with Crippen LogP contribution in [0.5, 0.6) is 5.75 Å². The molecule has 0 spiro atoms. The van der Waals surface area contributed by atoms with E-state index in [0.29, 0.717) is 12.3 Å². The molecule has 1 N–H and O–H groups in total. The number of carbonyl (C=O) groups excluding carboxylic acids is 1. The predicted molar refractivity (Wildman–Crippen MR) is 91.1 cm³/mol. The highest BCUT2D eigenvalue weighted by Gasteiger charge is 2.34. The van der Waals surface area contributed by atoms with E-state index in [9.17, 15) is 30.8 Å². The van der Waals surface area contributed by atoms with Crippen molar-refractivity contribution in [1.29, 1.82) is 0 Å². The zero-order chi connectivity index (χ0) is 21.3. The van der Waals surface area contributed by atoms with Gasteiger partial charge in [-0.2, -0.15) is 13.5 Å². The first-order valence-corrected chi connectivity index (χ1v) is 9.89. The van der Waals surface area contributed by atoms with Gasteiger partial charge in [0.2, 0.25) is 5.91 Å². The zero-order valence-electron chi connectivity index (χ0n) is 14.6. The van der Waals surface area contributed by atoms with Gasteiger partial charge in [0.05, 0.1) is 12.0 Å². The Morgan fingerprint density at radius 2 is 2.00 bits per heavy atom. The number of hydrogen-bond donors (Lipinski definition) is 1. The van der Waals surface area contributed by atoms with Crippen LogP contribution in [0.15, 0.2) is 11.2 Å². The quantitative estimate of drug-likeness (QED) is 0.394. The lowest BCUT2D eigenvalue weighted by molar-refractivity contribution is -0.121. The highest BCUT2D eigenvalue weighted by atomic mass is 35.5. The van der Waals surface area contributed by atoms with Crippen LogP contribution in [0.3, 0.4) is 0 Å². The number of rotatable bonds is 7. The average Bonchev–Trinajstić information content (AvgIpc) is 2.56. The van der Waals surface area contributed by atoms with Crippen LogP contribution in [0.1, 0.15) is 18.9 Å². The molecule has 1 aromatic rings. The van der Waals surface area contributed by atoms with Crippen molar-refractivity contribution in [3.8, 4) is 5.75 Å². The van der Waals surface area contributed by atoms with Gasteiger partial charge in [0.25, 0.3) is 10.1 Å². The Hall–Kier alpha value is -1.92. The second-order valence-electron chi connectivity index (χ2n) is 6.11. The number of hydrazone groups is 1.